The van der Waals surface area contributed by atoms with Crippen molar-refractivity contribution in [2.75, 3.05) is 13.2 Å². The van der Waals surface area contributed by atoms with Gasteiger partial charge in [-0.25, -0.2) is 4.79 Å². The third-order valence-electron chi connectivity index (χ3n) is 2.25. The molecule has 0 aliphatic rings. The van der Waals surface area contributed by atoms with E-state index < -0.39 is 12.3 Å². The molecule has 1 aromatic rings. The monoisotopic (exact) mass is 252 g/mol. The van der Waals surface area contributed by atoms with Crippen LogP contribution in [0, 0.1) is 0 Å². The Kier molecular flexibility index (Phi) is 6.22. The van der Waals surface area contributed by atoms with Crippen molar-refractivity contribution in [3.63, 3.8) is 0 Å². The maximum absolute atomic E-state index is 11.4. The van der Waals surface area contributed by atoms with Gasteiger partial charge in [-0.3, -0.25) is 0 Å². The minimum atomic E-state index is -0.668. The van der Waals surface area contributed by atoms with Crippen molar-refractivity contribution in [2.24, 2.45) is 0 Å². The molecule has 0 amide bonds. The van der Waals surface area contributed by atoms with Crippen molar-refractivity contribution >= 4 is 6.16 Å². The van der Waals surface area contributed by atoms with Gasteiger partial charge in [0.2, 0.25) is 0 Å². The van der Waals surface area contributed by atoms with Crippen molar-refractivity contribution in [3.05, 3.63) is 35.9 Å². The standard InChI is InChI=1S/C14H20O4/c1-4-16-14(15)18-13(10-17-11(2)3)12-8-6-5-7-9-12/h5-9,11,13H,4,10H2,1-3H3. The van der Waals surface area contributed by atoms with Gasteiger partial charge in [-0.2, -0.15) is 0 Å². The zero-order chi connectivity index (χ0) is 13.4. The Balaban J connectivity index is 2.66. The smallest absolute Gasteiger partial charge is 0.435 e. The van der Waals surface area contributed by atoms with E-state index >= 15 is 0 Å². The summed E-state index contributed by atoms with van der Waals surface area (Å²) < 4.78 is 15.5. The number of carbonyl (C=O) groups excluding carboxylic acids is 1. The van der Waals surface area contributed by atoms with E-state index in [1.165, 1.54) is 0 Å². The SMILES string of the molecule is CCOC(=O)OC(COC(C)C)c1ccccc1. The molecule has 1 unspecified atom stereocenters. The maximum atomic E-state index is 11.4. The van der Waals surface area contributed by atoms with Gasteiger partial charge in [0.1, 0.15) is 0 Å². The van der Waals surface area contributed by atoms with E-state index in [1.54, 1.807) is 6.92 Å². The molecule has 0 spiro atoms. The molecule has 4 nitrogen and oxygen atoms in total. The molecule has 0 fully saturated rings. The Morgan fingerprint density at radius 1 is 1.22 bits per heavy atom. The zero-order valence-corrected chi connectivity index (χ0v) is 11.1. The van der Waals surface area contributed by atoms with E-state index in [0.29, 0.717) is 13.2 Å². The number of rotatable bonds is 6. The Hall–Kier alpha value is -1.55. The molecular formula is C14H20O4. The first-order chi connectivity index (χ1) is 8.63. The molecule has 18 heavy (non-hydrogen) atoms. The van der Waals surface area contributed by atoms with E-state index in [4.69, 9.17) is 14.2 Å². The number of hydrogen-bond donors (Lipinski definition) is 0. The van der Waals surface area contributed by atoms with Crippen LogP contribution in [0.15, 0.2) is 30.3 Å². The summed E-state index contributed by atoms with van der Waals surface area (Å²) in [5, 5.41) is 0. The average molecular weight is 252 g/mol. The molecule has 100 valence electrons. The molecule has 0 saturated carbocycles. The van der Waals surface area contributed by atoms with Gasteiger partial charge < -0.3 is 14.2 Å². The number of carbonyl (C=O) groups is 1. The second-order valence-electron chi connectivity index (χ2n) is 4.08. The van der Waals surface area contributed by atoms with Crippen LogP contribution in [0.5, 0.6) is 0 Å². The van der Waals surface area contributed by atoms with Gasteiger partial charge in [0.25, 0.3) is 0 Å². The molecule has 1 atom stereocenters. The van der Waals surface area contributed by atoms with Crippen molar-refractivity contribution in [3.8, 4) is 0 Å². The zero-order valence-electron chi connectivity index (χ0n) is 11.1. The van der Waals surface area contributed by atoms with Crippen LogP contribution in [0.25, 0.3) is 0 Å². The quantitative estimate of drug-likeness (QED) is 0.728. The average Bonchev–Trinajstić information content (AvgIpc) is 2.35. The summed E-state index contributed by atoms with van der Waals surface area (Å²) in [4.78, 5) is 11.4. The van der Waals surface area contributed by atoms with Crippen molar-refractivity contribution in [2.45, 2.75) is 33.0 Å². The first-order valence-corrected chi connectivity index (χ1v) is 6.13. The van der Waals surface area contributed by atoms with E-state index in [2.05, 4.69) is 0 Å². The van der Waals surface area contributed by atoms with Crippen LogP contribution in [0.4, 0.5) is 4.79 Å². The maximum Gasteiger partial charge on any atom is 0.508 e. The third kappa shape index (κ3) is 5.19. The first-order valence-electron chi connectivity index (χ1n) is 6.13. The highest BCUT2D eigenvalue weighted by molar-refractivity contribution is 5.60. The second-order valence-corrected chi connectivity index (χ2v) is 4.08. The predicted molar refractivity (Wildman–Crippen MR) is 68.4 cm³/mol. The van der Waals surface area contributed by atoms with Crippen LogP contribution in [-0.2, 0) is 14.2 Å². The number of hydrogen-bond acceptors (Lipinski definition) is 4. The largest absolute Gasteiger partial charge is 0.508 e. The van der Waals surface area contributed by atoms with Gasteiger partial charge in [-0.15, -0.1) is 0 Å². The van der Waals surface area contributed by atoms with E-state index in [-0.39, 0.29) is 6.10 Å². The highest BCUT2D eigenvalue weighted by Crippen LogP contribution is 2.19. The molecule has 0 N–H and O–H groups in total. The third-order valence-corrected chi connectivity index (χ3v) is 2.25. The minimum absolute atomic E-state index is 0.0852. The van der Waals surface area contributed by atoms with E-state index in [0.717, 1.165) is 5.56 Å². The molecule has 0 aliphatic heterocycles. The molecule has 0 bridgehead atoms. The predicted octanol–water partition coefficient (Wildman–Crippen LogP) is 3.33. The summed E-state index contributed by atoms with van der Waals surface area (Å²) in [6.07, 6.45) is -1.02. The Labute approximate surface area is 108 Å². The van der Waals surface area contributed by atoms with Crippen molar-refractivity contribution < 1.29 is 19.0 Å². The molecule has 1 rings (SSSR count). The highest BCUT2D eigenvalue weighted by atomic mass is 16.7. The lowest BCUT2D eigenvalue weighted by Gasteiger charge is -2.19. The van der Waals surface area contributed by atoms with Crippen LogP contribution in [0.2, 0.25) is 0 Å². The van der Waals surface area contributed by atoms with Gasteiger partial charge in [0.15, 0.2) is 6.10 Å². The van der Waals surface area contributed by atoms with Gasteiger partial charge >= 0.3 is 6.16 Å². The van der Waals surface area contributed by atoms with Gasteiger partial charge in [0.05, 0.1) is 19.3 Å². The molecule has 0 radical (unpaired) electrons. The summed E-state index contributed by atoms with van der Waals surface area (Å²) in [5.74, 6) is 0. The van der Waals surface area contributed by atoms with E-state index in [1.807, 2.05) is 44.2 Å². The molecule has 4 heteroatoms. The van der Waals surface area contributed by atoms with Crippen molar-refractivity contribution in [1.29, 1.82) is 0 Å². The van der Waals surface area contributed by atoms with Crippen LogP contribution in [0.1, 0.15) is 32.4 Å². The van der Waals surface area contributed by atoms with Crippen LogP contribution in [-0.4, -0.2) is 25.5 Å². The molecule has 1 aromatic carbocycles. The Bertz CT molecular complexity index is 348. The van der Waals surface area contributed by atoms with Crippen LogP contribution in [0.3, 0.4) is 0 Å². The van der Waals surface area contributed by atoms with Gasteiger partial charge in [-0.05, 0) is 26.3 Å². The molecule has 0 aliphatic carbocycles. The molecule has 0 saturated heterocycles. The summed E-state index contributed by atoms with van der Waals surface area (Å²) in [6.45, 7) is 6.23. The topological polar surface area (TPSA) is 44.8 Å². The number of benzene rings is 1. The first kappa shape index (κ1) is 14.5. The van der Waals surface area contributed by atoms with Gasteiger partial charge in [-0.1, -0.05) is 30.3 Å². The van der Waals surface area contributed by atoms with Crippen LogP contribution >= 0.6 is 0 Å². The highest BCUT2D eigenvalue weighted by Gasteiger charge is 2.18. The van der Waals surface area contributed by atoms with E-state index in [9.17, 15) is 4.79 Å². The second kappa shape index (κ2) is 7.71. The van der Waals surface area contributed by atoms with Crippen LogP contribution < -0.4 is 0 Å². The van der Waals surface area contributed by atoms with Crippen molar-refractivity contribution in [1.82, 2.24) is 0 Å². The lowest BCUT2D eigenvalue weighted by Crippen LogP contribution is -2.19. The summed E-state index contributed by atoms with van der Waals surface area (Å²) in [6, 6.07) is 9.49. The lowest BCUT2D eigenvalue weighted by molar-refractivity contribution is -0.0310. The fourth-order valence-corrected chi connectivity index (χ4v) is 1.41. The summed E-state index contributed by atoms with van der Waals surface area (Å²) in [5.41, 5.74) is 0.895. The molecular weight excluding hydrogens is 232 g/mol. The van der Waals surface area contributed by atoms with Gasteiger partial charge in [0, 0.05) is 0 Å². The Morgan fingerprint density at radius 3 is 2.44 bits per heavy atom. The Morgan fingerprint density at radius 2 is 1.89 bits per heavy atom. The molecule has 0 aromatic heterocycles. The lowest BCUT2D eigenvalue weighted by atomic mass is 10.1. The fraction of sp³-hybridized carbons (Fsp3) is 0.500. The minimum Gasteiger partial charge on any atom is -0.435 e. The fourth-order valence-electron chi connectivity index (χ4n) is 1.41. The summed E-state index contributed by atoms with van der Waals surface area (Å²) >= 11 is 0. The normalized spacial score (nSPS) is 12.2. The number of ether oxygens (including phenoxy) is 3. The molecule has 0 heterocycles. The summed E-state index contributed by atoms with van der Waals surface area (Å²) in [7, 11) is 0.